The van der Waals surface area contributed by atoms with Gasteiger partial charge in [-0.3, -0.25) is 15.0 Å². The van der Waals surface area contributed by atoms with Crippen molar-refractivity contribution in [2.24, 2.45) is 5.92 Å². The SMILES string of the molecule is C[C@@H]1[C@H](CN2CCN(c3ccc([N+](=O)[O-])cc3)CC2)O[C@H](c2ccc(-c3ccccc3CNC(=O)Nc3ccc(Oc4ccccc4)cc3)cc2)O[C@@H]1c1ccc(CO)cc1. The van der Waals surface area contributed by atoms with Gasteiger partial charge >= 0.3 is 6.03 Å². The first-order valence-corrected chi connectivity index (χ1v) is 20.6. The topological polar surface area (TPSA) is 139 Å². The molecule has 4 atom stereocenters. The minimum atomic E-state index is -0.612. The Hall–Kier alpha value is -6.57. The number of benzene rings is 6. The van der Waals surface area contributed by atoms with Gasteiger partial charge in [-0.15, -0.1) is 0 Å². The number of nitro groups is 1. The molecule has 6 aromatic rings. The fourth-order valence-electron chi connectivity index (χ4n) is 7.91. The van der Waals surface area contributed by atoms with E-state index in [2.05, 4.69) is 39.5 Å². The Morgan fingerprint density at radius 2 is 1.43 bits per heavy atom. The molecule has 12 heteroatoms. The Morgan fingerprint density at radius 3 is 2.11 bits per heavy atom. The van der Waals surface area contributed by atoms with E-state index < -0.39 is 6.29 Å². The highest BCUT2D eigenvalue weighted by molar-refractivity contribution is 5.89. The van der Waals surface area contributed by atoms with Crippen molar-refractivity contribution in [2.45, 2.75) is 38.6 Å². The van der Waals surface area contributed by atoms with Gasteiger partial charge in [-0.2, -0.15) is 0 Å². The van der Waals surface area contributed by atoms with Crippen molar-refractivity contribution in [3.8, 4) is 22.6 Å². The minimum Gasteiger partial charge on any atom is -0.457 e. The lowest BCUT2D eigenvalue weighted by atomic mass is 9.89. The number of nitro benzene ring substituents is 1. The second-order valence-electron chi connectivity index (χ2n) is 15.4. The number of ether oxygens (including phenoxy) is 3. The maximum absolute atomic E-state index is 13.0. The standard InChI is InChI=1S/C49H49N5O7/c1-34-46(32-52-27-29-53(30-28-52)41-21-23-42(24-22-41)54(57)58)60-48(61-47(34)37-13-11-35(33-55)12-14-37)38-17-15-36(16-18-38)45-10-6-5-7-39(45)31-50-49(56)51-40-19-25-44(26-20-40)59-43-8-3-2-4-9-43/h2-26,34,46-48,55H,27-33H2,1H3,(H2,50,51,56)/t34-,46+,47+,48+/m1/s1. The fourth-order valence-corrected chi connectivity index (χ4v) is 7.91. The van der Waals surface area contributed by atoms with Crippen molar-refractivity contribution in [1.82, 2.24) is 10.2 Å². The molecule has 0 radical (unpaired) electrons. The lowest BCUT2D eigenvalue weighted by molar-refractivity contribution is -0.384. The average Bonchev–Trinajstić information content (AvgIpc) is 3.30. The van der Waals surface area contributed by atoms with E-state index in [0.717, 1.165) is 77.5 Å². The van der Waals surface area contributed by atoms with E-state index >= 15 is 0 Å². The van der Waals surface area contributed by atoms with E-state index in [4.69, 9.17) is 14.2 Å². The van der Waals surface area contributed by atoms with Gasteiger partial charge in [0.15, 0.2) is 6.29 Å². The summed E-state index contributed by atoms with van der Waals surface area (Å²) < 4.78 is 19.4. The van der Waals surface area contributed by atoms with E-state index in [0.29, 0.717) is 18.0 Å². The first-order chi connectivity index (χ1) is 29.8. The second kappa shape index (κ2) is 19.2. The number of para-hydroxylation sites is 1. The van der Waals surface area contributed by atoms with Crippen molar-refractivity contribution >= 4 is 23.1 Å². The Morgan fingerprint density at radius 1 is 0.770 bits per heavy atom. The Labute approximate surface area is 355 Å². The van der Waals surface area contributed by atoms with Crippen LogP contribution in [0.5, 0.6) is 11.5 Å². The number of piperazine rings is 1. The Kier molecular flexibility index (Phi) is 13.0. The summed E-state index contributed by atoms with van der Waals surface area (Å²) in [4.78, 5) is 28.4. The van der Waals surface area contributed by atoms with Crippen LogP contribution in [0.1, 0.15) is 41.6 Å². The van der Waals surface area contributed by atoms with Crippen molar-refractivity contribution in [3.63, 3.8) is 0 Å². The van der Waals surface area contributed by atoms with Gasteiger partial charge in [0, 0.05) is 74.3 Å². The summed E-state index contributed by atoms with van der Waals surface area (Å²) in [6.45, 7) is 6.44. The van der Waals surface area contributed by atoms with E-state index in [1.54, 1.807) is 24.3 Å². The molecule has 0 saturated carbocycles. The molecule has 12 nitrogen and oxygen atoms in total. The van der Waals surface area contributed by atoms with Crippen LogP contribution in [0.15, 0.2) is 152 Å². The molecule has 6 aromatic carbocycles. The first-order valence-electron chi connectivity index (χ1n) is 20.6. The molecule has 8 rings (SSSR count). The van der Waals surface area contributed by atoms with E-state index in [1.165, 1.54) is 0 Å². The summed E-state index contributed by atoms with van der Waals surface area (Å²) in [6.07, 6.45) is -0.986. The molecule has 2 amide bonds. The van der Waals surface area contributed by atoms with Crippen LogP contribution < -0.4 is 20.3 Å². The van der Waals surface area contributed by atoms with Gasteiger partial charge in [0.05, 0.1) is 23.7 Å². The number of nitrogens with one attached hydrogen (secondary N) is 2. The predicted octanol–water partition coefficient (Wildman–Crippen LogP) is 9.48. The number of amides is 2. The summed E-state index contributed by atoms with van der Waals surface area (Å²) in [5.41, 5.74) is 7.46. The molecule has 0 bridgehead atoms. The van der Waals surface area contributed by atoms with Crippen LogP contribution in [0.25, 0.3) is 11.1 Å². The number of aliphatic hydroxyl groups is 1. The third-order valence-corrected chi connectivity index (χ3v) is 11.4. The fraction of sp³-hybridized carbons (Fsp3) is 0.245. The van der Waals surface area contributed by atoms with Gasteiger partial charge in [0.1, 0.15) is 11.5 Å². The largest absolute Gasteiger partial charge is 0.457 e. The summed E-state index contributed by atoms with van der Waals surface area (Å²) in [5, 5.41) is 26.7. The number of non-ortho nitro benzene ring substituents is 1. The highest BCUT2D eigenvalue weighted by Crippen LogP contribution is 2.42. The molecule has 2 aliphatic heterocycles. The van der Waals surface area contributed by atoms with Crippen molar-refractivity contribution in [3.05, 3.63) is 184 Å². The van der Waals surface area contributed by atoms with Gasteiger partial charge in [-0.05, 0) is 76.3 Å². The van der Waals surface area contributed by atoms with Crippen molar-refractivity contribution in [2.75, 3.05) is 42.9 Å². The molecule has 0 spiro atoms. The van der Waals surface area contributed by atoms with Gasteiger partial charge < -0.3 is 34.9 Å². The lowest BCUT2D eigenvalue weighted by Gasteiger charge is -2.44. The van der Waals surface area contributed by atoms with Crippen LogP contribution in [-0.4, -0.2) is 59.8 Å². The summed E-state index contributed by atoms with van der Waals surface area (Å²) in [6, 6.07) is 47.4. The first kappa shape index (κ1) is 41.2. The molecule has 2 aliphatic rings. The van der Waals surface area contributed by atoms with Crippen LogP contribution in [0.3, 0.4) is 0 Å². The summed E-state index contributed by atoms with van der Waals surface area (Å²) in [5.74, 6) is 1.45. The molecule has 0 unspecified atom stereocenters. The van der Waals surface area contributed by atoms with Crippen LogP contribution in [0.2, 0.25) is 0 Å². The molecule has 312 valence electrons. The monoisotopic (exact) mass is 819 g/mol. The van der Waals surface area contributed by atoms with E-state index in [9.17, 15) is 20.0 Å². The van der Waals surface area contributed by atoms with Gasteiger partial charge in [-0.25, -0.2) is 4.79 Å². The van der Waals surface area contributed by atoms with Crippen molar-refractivity contribution < 1.29 is 29.0 Å². The van der Waals surface area contributed by atoms with Crippen LogP contribution in [0, 0.1) is 16.0 Å². The average molecular weight is 820 g/mol. The number of hydrogen-bond donors (Lipinski definition) is 3. The summed E-state index contributed by atoms with van der Waals surface area (Å²) in [7, 11) is 0. The molecule has 2 fully saturated rings. The number of urea groups is 1. The van der Waals surface area contributed by atoms with E-state index in [-0.39, 0.29) is 41.4 Å². The molecule has 61 heavy (non-hydrogen) atoms. The molecule has 2 heterocycles. The Balaban J connectivity index is 0.918. The second-order valence-corrected chi connectivity index (χ2v) is 15.4. The van der Waals surface area contributed by atoms with Gasteiger partial charge in [-0.1, -0.05) is 97.9 Å². The number of aliphatic hydroxyl groups excluding tert-OH is 1. The number of carbonyl (C=O) groups is 1. The maximum Gasteiger partial charge on any atom is 0.319 e. The highest BCUT2D eigenvalue weighted by atomic mass is 16.7. The highest BCUT2D eigenvalue weighted by Gasteiger charge is 2.39. The zero-order valence-corrected chi connectivity index (χ0v) is 33.9. The normalized spacial score (nSPS) is 19.2. The number of carbonyl (C=O) groups excluding carboxylic acids is 1. The number of hydrogen-bond acceptors (Lipinski definition) is 9. The predicted molar refractivity (Wildman–Crippen MR) is 235 cm³/mol. The van der Waals surface area contributed by atoms with Crippen LogP contribution in [-0.2, 0) is 22.6 Å². The zero-order chi connectivity index (χ0) is 42.1. The number of anilines is 2. The zero-order valence-electron chi connectivity index (χ0n) is 33.9. The lowest BCUT2D eigenvalue weighted by Crippen LogP contribution is -2.51. The Bertz CT molecular complexity index is 2370. The molecular formula is C49H49N5O7. The van der Waals surface area contributed by atoms with E-state index in [1.807, 2.05) is 115 Å². The molecule has 2 saturated heterocycles. The molecular weight excluding hydrogens is 771 g/mol. The minimum absolute atomic E-state index is 0.0270. The quantitative estimate of drug-likeness (QED) is 0.0769. The number of rotatable bonds is 13. The smallest absolute Gasteiger partial charge is 0.319 e. The van der Waals surface area contributed by atoms with Crippen molar-refractivity contribution in [1.29, 1.82) is 0 Å². The van der Waals surface area contributed by atoms with Gasteiger partial charge in [0.25, 0.3) is 5.69 Å². The van der Waals surface area contributed by atoms with Crippen LogP contribution in [0.4, 0.5) is 21.9 Å². The molecule has 0 aromatic heterocycles. The van der Waals surface area contributed by atoms with Crippen LogP contribution >= 0.6 is 0 Å². The van der Waals surface area contributed by atoms with Gasteiger partial charge in [0.2, 0.25) is 0 Å². The third kappa shape index (κ3) is 10.2. The maximum atomic E-state index is 13.0. The molecule has 0 aliphatic carbocycles. The summed E-state index contributed by atoms with van der Waals surface area (Å²) >= 11 is 0. The third-order valence-electron chi connectivity index (χ3n) is 11.4. The molecule has 3 N–H and O–H groups in total. The number of nitrogens with zero attached hydrogens (tertiary/aromatic N) is 3.